The minimum atomic E-state index is -0.647. The van der Waals surface area contributed by atoms with Crippen LogP contribution in [-0.4, -0.2) is 64.5 Å². The summed E-state index contributed by atoms with van der Waals surface area (Å²) in [6.07, 6.45) is 3.38. The Balaban J connectivity index is 1.32. The van der Waals surface area contributed by atoms with E-state index in [4.69, 9.17) is 16.3 Å². The Hall–Kier alpha value is -3.13. The summed E-state index contributed by atoms with van der Waals surface area (Å²) in [6.45, 7) is 1.95. The Morgan fingerprint density at radius 3 is 2.50 bits per heavy atom. The van der Waals surface area contributed by atoms with Crippen molar-refractivity contribution in [3.63, 3.8) is 0 Å². The number of fused-ring (bicyclic) bond motifs is 1. The second kappa shape index (κ2) is 7.85. The molecule has 144 valence electrons. The van der Waals surface area contributed by atoms with Gasteiger partial charge in [0.05, 0.1) is 5.02 Å². The van der Waals surface area contributed by atoms with Crippen molar-refractivity contribution in [2.24, 2.45) is 0 Å². The summed E-state index contributed by atoms with van der Waals surface area (Å²) in [4.78, 5) is 39.8. The summed E-state index contributed by atoms with van der Waals surface area (Å²) < 4.78 is 5.18. The average molecular weight is 400 g/mol. The minimum Gasteiger partial charge on any atom is -0.451 e. The molecule has 3 aromatic rings. The van der Waals surface area contributed by atoms with Gasteiger partial charge in [-0.3, -0.25) is 4.79 Å². The summed E-state index contributed by atoms with van der Waals surface area (Å²) in [5.41, 5.74) is 0.895. The maximum atomic E-state index is 12.4. The van der Waals surface area contributed by atoms with E-state index in [-0.39, 0.29) is 18.2 Å². The fraction of sp³-hybridized carbons (Fsp3) is 0.263. The van der Waals surface area contributed by atoms with Crippen LogP contribution in [0.3, 0.4) is 0 Å². The molecule has 4 rings (SSSR count). The first-order valence-electron chi connectivity index (χ1n) is 8.86. The predicted molar refractivity (Wildman–Crippen MR) is 104 cm³/mol. The van der Waals surface area contributed by atoms with Crippen LogP contribution in [0.25, 0.3) is 10.9 Å². The fourth-order valence-corrected chi connectivity index (χ4v) is 3.44. The van der Waals surface area contributed by atoms with Gasteiger partial charge in [-0.15, -0.1) is 0 Å². The average Bonchev–Trinajstić information content (AvgIpc) is 3.09. The van der Waals surface area contributed by atoms with Gasteiger partial charge in [-0.25, -0.2) is 14.8 Å². The number of para-hydroxylation sites is 1. The quantitative estimate of drug-likeness (QED) is 0.676. The molecule has 1 aliphatic heterocycles. The number of nitrogens with one attached hydrogen (secondary N) is 1. The SMILES string of the molecule is O=C(OCC(=O)N1CCN(c2ncccn2)CC1)c1[nH]c2ccccc2c1Cl. The Morgan fingerprint density at radius 1 is 1.07 bits per heavy atom. The van der Waals surface area contributed by atoms with E-state index < -0.39 is 5.97 Å². The summed E-state index contributed by atoms with van der Waals surface area (Å²) >= 11 is 6.25. The van der Waals surface area contributed by atoms with Gasteiger partial charge in [0.2, 0.25) is 5.95 Å². The highest BCUT2D eigenvalue weighted by Gasteiger charge is 2.24. The number of aromatic nitrogens is 3. The normalized spacial score (nSPS) is 14.3. The number of amides is 1. The van der Waals surface area contributed by atoms with Gasteiger partial charge in [-0.05, 0) is 12.1 Å². The maximum absolute atomic E-state index is 12.4. The summed E-state index contributed by atoms with van der Waals surface area (Å²) in [5, 5.41) is 1.03. The zero-order valence-electron chi connectivity index (χ0n) is 15.0. The Bertz CT molecular complexity index is 999. The van der Waals surface area contributed by atoms with E-state index in [9.17, 15) is 9.59 Å². The van der Waals surface area contributed by atoms with Crippen LogP contribution in [0.1, 0.15) is 10.5 Å². The van der Waals surface area contributed by atoms with Gasteiger partial charge in [-0.1, -0.05) is 29.8 Å². The predicted octanol–water partition coefficient (Wildman–Crippen LogP) is 2.12. The maximum Gasteiger partial charge on any atom is 0.356 e. The van der Waals surface area contributed by atoms with Gasteiger partial charge < -0.3 is 19.5 Å². The van der Waals surface area contributed by atoms with Crippen LogP contribution >= 0.6 is 11.6 Å². The van der Waals surface area contributed by atoms with Gasteiger partial charge in [0.15, 0.2) is 6.61 Å². The first-order valence-corrected chi connectivity index (χ1v) is 9.24. The number of nitrogens with zero attached hydrogens (tertiary/aromatic N) is 4. The Kier molecular flexibility index (Phi) is 5.12. The molecule has 1 saturated heterocycles. The van der Waals surface area contributed by atoms with E-state index in [2.05, 4.69) is 15.0 Å². The minimum absolute atomic E-state index is 0.154. The van der Waals surface area contributed by atoms with Crippen molar-refractivity contribution in [1.82, 2.24) is 19.9 Å². The number of rotatable bonds is 4. The van der Waals surface area contributed by atoms with Gasteiger partial charge in [0.1, 0.15) is 5.69 Å². The van der Waals surface area contributed by atoms with E-state index >= 15 is 0 Å². The summed E-state index contributed by atoms with van der Waals surface area (Å²) in [7, 11) is 0. The highest BCUT2D eigenvalue weighted by atomic mass is 35.5. The highest BCUT2D eigenvalue weighted by Crippen LogP contribution is 2.27. The Morgan fingerprint density at radius 2 is 1.79 bits per heavy atom. The first kappa shape index (κ1) is 18.2. The van der Waals surface area contributed by atoms with E-state index in [1.807, 2.05) is 29.2 Å². The van der Waals surface area contributed by atoms with Crippen molar-refractivity contribution < 1.29 is 14.3 Å². The van der Waals surface area contributed by atoms with Crippen molar-refractivity contribution >= 4 is 40.3 Å². The molecule has 2 aromatic heterocycles. The van der Waals surface area contributed by atoms with E-state index in [0.29, 0.717) is 37.1 Å². The molecule has 1 aromatic carbocycles. The molecule has 8 nitrogen and oxygen atoms in total. The number of anilines is 1. The zero-order chi connectivity index (χ0) is 19.5. The molecule has 28 heavy (non-hydrogen) atoms. The van der Waals surface area contributed by atoms with Crippen molar-refractivity contribution in [2.45, 2.75) is 0 Å². The smallest absolute Gasteiger partial charge is 0.356 e. The molecule has 1 N–H and O–H groups in total. The van der Waals surface area contributed by atoms with Crippen LogP contribution in [0.15, 0.2) is 42.7 Å². The molecule has 0 saturated carbocycles. The standard InChI is InChI=1S/C19H18ClN5O3/c20-16-13-4-1-2-5-14(13)23-17(16)18(27)28-12-15(26)24-8-10-25(11-9-24)19-21-6-3-7-22-19/h1-7,23H,8-12H2. The van der Waals surface area contributed by atoms with Crippen LogP contribution in [0, 0.1) is 0 Å². The van der Waals surface area contributed by atoms with Crippen LogP contribution in [0.2, 0.25) is 5.02 Å². The number of ether oxygens (including phenoxy) is 1. The molecule has 0 spiro atoms. The molecular weight excluding hydrogens is 382 g/mol. The number of piperazine rings is 1. The van der Waals surface area contributed by atoms with E-state index in [1.54, 1.807) is 23.4 Å². The summed E-state index contributed by atoms with van der Waals surface area (Å²) in [6, 6.07) is 9.07. The highest BCUT2D eigenvalue weighted by molar-refractivity contribution is 6.38. The van der Waals surface area contributed by atoms with E-state index in [0.717, 1.165) is 10.9 Å². The number of carbonyl (C=O) groups excluding carboxylic acids is 2. The lowest BCUT2D eigenvalue weighted by Crippen LogP contribution is -2.50. The number of hydrogen-bond donors (Lipinski definition) is 1. The lowest BCUT2D eigenvalue weighted by atomic mass is 10.2. The molecule has 0 aliphatic carbocycles. The second-order valence-corrected chi connectivity index (χ2v) is 6.73. The molecule has 3 heterocycles. The van der Waals surface area contributed by atoms with Crippen molar-refractivity contribution in [3.8, 4) is 0 Å². The number of H-pyrrole nitrogens is 1. The molecule has 1 aliphatic rings. The third kappa shape index (κ3) is 3.63. The van der Waals surface area contributed by atoms with E-state index in [1.165, 1.54) is 0 Å². The van der Waals surface area contributed by atoms with Crippen LogP contribution in [-0.2, 0) is 9.53 Å². The van der Waals surface area contributed by atoms with Crippen molar-refractivity contribution in [3.05, 3.63) is 53.4 Å². The number of hydrogen-bond acceptors (Lipinski definition) is 6. The number of halogens is 1. The van der Waals surface area contributed by atoms with Crippen LogP contribution in [0.4, 0.5) is 5.95 Å². The van der Waals surface area contributed by atoms with Gasteiger partial charge in [0.25, 0.3) is 5.91 Å². The lowest BCUT2D eigenvalue weighted by molar-refractivity contribution is -0.134. The lowest BCUT2D eigenvalue weighted by Gasteiger charge is -2.34. The molecule has 0 unspecified atom stereocenters. The molecule has 0 radical (unpaired) electrons. The third-order valence-electron chi connectivity index (χ3n) is 4.64. The second-order valence-electron chi connectivity index (χ2n) is 6.35. The third-order valence-corrected chi connectivity index (χ3v) is 5.03. The van der Waals surface area contributed by atoms with Crippen LogP contribution in [0.5, 0.6) is 0 Å². The topological polar surface area (TPSA) is 91.4 Å². The number of esters is 1. The first-order chi connectivity index (χ1) is 13.6. The summed E-state index contributed by atoms with van der Waals surface area (Å²) in [5.74, 6) is -0.241. The van der Waals surface area contributed by atoms with Gasteiger partial charge in [0, 0.05) is 49.5 Å². The molecule has 0 bridgehead atoms. The molecule has 0 atom stereocenters. The number of benzene rings is 1. The Labute approximate surface area is 166 Å². The largest absolute Gasteiger partial charge is 0.451 e. The molecule has 1 fully saturated rings. The van der Waals surface area contributed by atoms with Crippen molar-refractivity contribution in [2.75, 3.05) is 37.7 Å². The number of aromatic amines is 1. The van der Waals surface area contributed by atoms with Gasteiger partial charge >= 0.3 is 5.97 Å². The molecular formula is C19H18ClN5O3. The van der Waals surface area contributed by atoms with Gasteiger partial charge in [-0.2, -0.15) is 0 Å². The number of carbonyl (C=O) groups is 2. The van der Waals surface area contributed by atoms with Crippen molar-refractivity contribution in [1.29, 1.82) is 0 Å². The zero-order valence-corrected chi connectivity index (χ0v) is 15.7. The fourth-order valence-electron chi connectivity index (χ4n) is 3.15. The van der Waals surface area contributed by atoms with Crippen LogP contribution < -0.4 is 4.90 Å². The monoisotopic (exact) mass is 399 g/mol. The molecule has 1 amide bonds. The molecule has 9 heteroatoms.